The van der Waals surface area contributed by atoms with E-state index >= 15 is 0 Å². The van der Waals surface area contributed by atoms with Crippen LogP contribution in [0.2, 0.25) is 5.15 Å². The van der Waals surface area contributed by atoms with Crippen LogP contribution in [0.5, 0.6) is 5.75 Å². The highest BCUT2D eigenvalue weighted by Gasteiger charge is 2.29. The van der Waals surface area contributed by atoms with Crippen LogP contribution in [0.1, 0.15) is 29.2 Å². The number of imidazole rings is 1. The van der Waals surface area contributed by atoms with E-state index in [0.717, 1.165) is 35.7 Å². The van der Waals surface area contributed by atoms with Crippen LogP contribution < -0.4 is 15.4 Å². The van der Waals surface area contributed by atoms with Crippen molar-refractivity contribution in [3.63, 3.8) is 0 Å². The third-order valence-corrected chi connectivity index (χ3v) is 5.95. The van der Waals surface area contributed by atoms with Crippen molar-refractivity contribution >= 4 is 29.1 Å². The molecule has 0 spiro atoms. The van der Waals surface area contributed by atoms with Crippen LogP contribution in [0.3, 0.4) is 0 Å². The summed E-state index contributed by atoms with van der Waals surface area (Å²) in [5.74, 6) is 2.37. The van der Waals surface area contributed by atoms with Gasteiger partial charge in [-0.3, -0.25) is 0 Å². The molecule has 7 nitrogen and oxygen atoms in total. The SMILES string of the molecule is CNc1nc(Nc2ccc(-n3cnc(Cl)c3)c(OC)c2)nc2c1CC[C@@H]2c1ccccc1. The van der Waals surface area contributed by atoms with Gasteiger partial charge < -0.3 is 19.9 Å². The van der Waals surface area contributed by atoms with E-state index in [1.54, 1.807) is 19.6 Å². The Morgan fingerprint density at radius 2 is 1.97 bits per heavy atom. The molecular formula is C24H23ClN6O. The van der Waals surface area contributed by atoms with Gasteiger partial charge in [0.1, 0.15) is 23.0 Å². The van der Waals surface area contributed by atoms with Crippen LogP contribution in [-0.2, 0) is 6.42 Å². The summed E-state index contributed by atoms with van der Waals surface area (Å²) in [6.07, 6.45) is 5.38. The van der Waals surface area contributed by atoms with E-state index in [9.17, 15) is 0 Å². The molecular weight excluding hydrogens is 424 g/mol. The summed E-state index contributed by atoms with van der Waals surface area (Å²) >= 11 is 5.97. The number of hydrogen-bond acceptors (Lipinski definition) is 6. The number of methoxy groups -OCH3 is 1. The molecule has 2 N–H and O–H groups in total. The van der Waals surface area contributed by atoms with Crippen molar-refractivity contribution < 1.29 is 4.74 Å². The Labute approximate surface area is 191 Å². The first-order valence-electron chi connectivity index (χ1n) is 10.4. The van der Waals surface area contributed by atoms with Crippen molar-refractivity contribution in [3.05, 3.63) is 83.0 Å². The molecule has 2 aromatic carbocycles. The van der Waals surface area contributed by atoms with E-state index in [1.807, 2.05) is 35.9 Å². The first kappa shape index (κ1) is 20.3. The summed E-state index contributed by atoms with van der Waals surface area (Å²) in [5.41, 5.74) is 5.22. The average Bonchev–Trinajstić information content (AvgIpc) is 3.45. The molecule has 0 amide bonds. The number of ether oxygens (including phenoxy) is 1. The molecule has 8 heteroatoms. The van der Waals surface area contributed by atoms with E-state index in [1.165, 1.54) is 11.1 Å². The number of hydrogen-bond donors (Lipinski definition) is 2. The summed E-state index contributed by atoms with van der Waals surface area (Å²) < 4.78 is 7.42. The molecule has 1 atom stereocenters. The van der Waals surface area contributed by atoms with E-state index in [-0.39, 0.29) is 5.92 Å². The minimum Gasteiger partial charge on any atom is -0.494 e. The summed E-state index contributed by atoms with van der Waals surface area (Å²) in [6, 6.07) is 16.3. The maximum Gasteiger partial charge on any atom is 0.229 e. The van der Waals surface area contributed by atoms with Crippen molar-refractivity contribution in [2.24, 2.45) is 0 Å². The van der Waals surface area contributed by atoms with Crippen molar-refractivity contribution in [2.75, 3.05) is 24.8 Å². The van der Waals surface area contributed by atoms with Gasteiger partial charge in [-0.15, -0.1) is 0 Å². The third kappa shape index (κ3) is 3.76. The van der Waals surface area contributed by atoms with Gasteiger partial charge in [0.15, 0.2) is 0 Å². The number of nitrogens with one attached hydrogen (secondary N) is 2. The van der Waals surface area contributed by atoms with Gasteiger partial charge in [-0.25, -0.2) is 9.97 Å². The molecule has 0 unspecified atom stereocenters. The minimum absolute atomic E-state index is 0.268. The molecule has 0 saturated carbocycles. The molecule has 1 aliphatic rings. The topological polar surface area (TPSA) is 76.9 Å². The van der Waals surface area contributed by atoms with Gasteiger partial charge in [0.25, 0.3) is 0 Å². The molecule has 0 fully saturated rings. The van der Waals surface area contributed by atoms with Crippen molar-refractivity contribution in [2.45, 2.75) is 18.8 Å². The Hall–Kier alpha value is -3.58. The summed E-state index contributed by atoms with van der Waals surface area (Å²) in [7, 11) is 3.53. The predicted molar refractivity (Wildman–Crippen MR) is 127 cm³/mol. The zero-order chi connectivity index (χ0) is 22.1. The van der Waals surface area contributed by atoms with Gasteiger partial charge in [0.2, 0.25) is 5.95 Å². The zero-order valence-corrected chi connectivity index (χ0v) is 18.6. The quantitative estimate of drug-likeness (QED) is 0.424. The fraction of sp³-hybridized carbons (Fsp3) is 0.208. The Morgan fingerprint density at radius 1 is 1.12 bits per heavy atom. The van der Waals surface area contributed by atoms with Gasteiger partial charge in [0, 0.05) is 36.5 Å². The largest absolute Gasteiger partial charge is 0.494 e. The lowest BCUT2D eigenvalue weighted by molar-refractivity contribution is 0.413. The third-order valence-electron chi connectivity index (χ3n) is 5.76. The highest BCUT2D eigenvalue weighted by Crippen LogP contribution is 2.40. The summed E-state index contributed by atoms with van der Waals surface area (Å²) in [4.78, 5) is 13.7. The number of nitrogens with zero attached hydrogens (tertiary/aromatic N) is 4. The second-order valence-electron chi connectivity index (χ2n) is 7.63. The molecule has 162 valence electrons. The maximum absolute atomic E-state index is 5.97. The molecule has 4 aromatic rings. The van der Waals surface area contributed by atoms with Gasteiger partial charge in [-0.05, 0) is 30.5 Å². The first-order chi connectivity index (χ1) is 15.7. The number of anilines is 3. The Balaban J connectivity index is 1.48. The maximum atomic E-state index is 5.97. The molecule has 0 saturated heterocycles. The normalized spacial score (nSPS) is 14.8. The smallest absolute Gasteiger partial charge is 0.229 e. The molecule has 0 radical (unpaired) electrons. The number of halogens is 1. The number of fused-ring (bicyclic) bond motifs is 1. The lowest BCUT2D eigenvalue weighted by atomic mass is 9.97. The first-order valence-corrected chi connectivity index (χ1v) is 10.8. The zero-order valence-electron chi connectivity index (χ0n) is 17.8. The van der Waals surface area contributed by atoms with Crippen LogP contribution >= 0.6 is 11.6 Å². The highest BCUT2D eigenvalue weighted by molar-refractivity contribution is 6.29. The van der Waals surface area contributed by atoms with Crippen molar-refractivity contribution in [1.29, 1.82) is 0 Å². The minimum atomic E-state index is 0.268. The summed E-state index contributed by atoms with van der Waals surface area (Å²) in [6.45, 7) is 0. The van der Waals surface area contributed by atoms with E-state index in [2.05, 4.69) is 39.9 Å². The summed E-state index contributed by atoms with van der Waals surface area (Å²) in [5, 5.41) is 7.01. The van der Waals surface area contributed by atoms with Crippen LogP contribution in [0.25, 0.3) is 5.69 Å². The van der Waals surface area contributed by atoms with Gasteiger partial charge in [0.05, 0.1) is 18.5 Å². The van der Waals surface area contributed by atoms with E-state index in [0.29, 0.717) is 16.9 Å². The number of aromatic nitrogens is 4. The molecule has 32 heavy (non-hydrogen) atoms. The molecule has 1 aliphatic carbocycles. The van der Waals surface area contributed by atoms with Crippen molar-refractivity contribution in [3.8, 4) is 11.4 Å². The molecule has 0 aliphatic heterocycles. The van der Waals surface area contributed by atoms with Gasteiger partial charge >= 0.3 is 0 Å². The van der Waals surface area contributed by atoms with Crippen LogP contribution in [0.4, 0.5) is 17.5 Å². The van der Waals surface area contributed by atoms with Crippen LogP contribution in [-0.4, -0.2) is 33.7 Å². The van der Waals surface area contributed by atoms with Crippen molar-refractivity contribution in [1.82, 2.24) is 19.5 Å². The molecule has 2 aromatic heterocycles. The Morgan fingerprint density at radius 3 is 2.69 bits per heavy atom. The average molecular weight is 447 g/mol. The lowest BCUT2D eigenvalue weighted by Gasteiger charge is -2.16. The second kappa shape index (κ2) is 8.51. The number of benzene rings is 2. The standard InChI is InChI=1S/C24H23ClN6O/c1-26-23-18-10-9-17(15-6-4-3-5-7-15)22(18)29-24(30-23)28-16-8-11-19(20(12-16)32-2)31-13-21(25)27-14-31/h3-8,11-14,17H,9-10H2,1-2H3,(H2,26,28,29,30)/t17-/m1/s1. The second-order valence-corrected chi connectivity index (χ2v) is 8.01. The van der Waals surface area contributed by atoms with Crippen LogP contribution in [0, 0.1) is 0 Å². The number of rotatable bonds is 6. The van der Waals surface area contributed by atoms with Gasteiger partial charge in [-0.1, -0.05) is 41.9 Å². The monoisotopic (exact) mass is 446 g/mol. The van der Waals surface area contributed by atoms with Gasteiger partial charge in [-0.2, -0.15) is 4.98 Å². The predicted octanol–water partition coefficient (Wildman–Crippen LogP) is 5.19. The Bertz CT molecular complexity index is 1260. The van der Waals surface area contributed by atoms with Crippen LogP contribution in [0.15, 0.2) is 61.1 Å². The highest BCUT2D eigenvalue weighted by atomic mass is 35.5. The fourth-order valence-corrected chi connectivity index (χ4v) is 4.41. The lowest BCUT2D eigenvalue weighted by Crippen LogP contribution is -2.08. The fourth-order valence-electron chi connectivity index (χ4n) is 4.26. The Kier molecular flexibility index (Phi) is 5.41. The molecule has 0 bridgehead atoms. The van der Waals surface area contributed by atoms with E-state index < -0.39 is 0 Å². The van der Waals surface area contributed by atoms with E-state index in [4.69, 9.17) is 26.3 Å². The molecule has 5 rings (SSSR count). The molecule has 2 heterocycles.